The number of H-pyrrole nitrogens is 1. The molecule has 4 aliphatic rings. The Labute approximate surface area is 196 Å². The van der Waals surface area contributed by atoms with Gasteiger partial charge in [-0.15, -0.1) is 11.3 Å². The molecule has 172 valence electrons. The molecule has 4 fully saturated rings. The first-order valence-corrected chi connectivity index (χ1v) is 12.9. The van der Waals surface area contributed by atoms with E-state index in [-0.39, 0.29) is 16.9 Å². The largest absolute Gasteiger partial charge is 0.310 e. The van der Waals surface area contributed by atoms with Crippen molar-refractivity contribution < 1.29 is 4.79 Å². The van der Waals surface area contributed by atoms with Crippen molar-refractivity contribution in [2.24, 2.45) is 23.2 Å². The van der Waals surface area contributed by atoms with Crippen molar-refractivity contribution >= 4 is 23.1 Å². The summed E-state index contributed by atoms with van der Waals surface area (Å²) in [5, 5.41) is 9.96. The second-order valence-corrected chi connectivity index (χ2v) is 11.2. The Hall–Kier alpha value is -2.74. The molecule has 4 aliphatic carbocycles. The molecule has 0 aromatic carbocycles. The number of aromatic nitrogens is 4. The number of anilines is 1. The fourth-order valence-corrected chi connectivity index (χ4v) is 7.61. The van der Waals surface area contributed by atoms with Gasteiger partial charge in [0.1, 0.15) is 11.5 Å². The molecular formula is C25H29N5O2S. The summed E-state index contributed by atoms with van der Waals surface area (Å²) in [7, 11) is 0. The maximum atomic E-state index is 13.7. The summed E-state index contributed by atoms with van der Waals surface area (Å²) in [6, 6.07) is 5.88. The van der Waals surface area contributed by atoms with Gasteiger partial charge in [0.05, 0.1) is 10.3 Å². The van der Waals surface area contributed by atoms with Gasteiger partial charge in [-0.1, -0.05) is 13.0 Å². The summed E-state index contributed by atoms with van der Waals surface area (Å²) in [6.45, 7) is 3.79. The highest BCUT2D eigenvalue weighted by Crippen LogP contribution is 2.60. The Morgan fingerprint density at radius 2 is 1.94 bits per heavy atom. The van der Waals surface area contributed by atoms with Crippen LogP contribution in [0.1, 0.15) is 56.7 Å². The lowest BCUT2D eigenvalue weighted by molar-refractivity contribution is -0.140. The number of rotatable bonds is 5. The molecule has 3 heterocycles. The van der Waals surface area contributed by atoms with Crippen LogP contribution in [0, 0.1) is 30.1 Å². The number of nitrogens with zero attached hydrogens (tertiary/aromatic N) is 3. The molecule has 0 atom stereocenters. The summed E-state index contributed by atoms with van der Waals surface area (Å²) in [4.78, 5) is 34.9. The number of hydrogen-bond acceptors (Lipinski definition) is 5. The minimum Gasteiger partial charge on any atom is -0.310 e. The third kappa shape index (κ3) is 3.46. The first kappa shape index (κ1) is 20.8. The molecule has 3 aromatic rings. The van der Waals surface area contributed by atoms with Gasteiger partial charge in [0.2, 0.25) is 11.9 Å². The van der Waals surface area contributed by atoms with Crippen molar-refractivity contribution in [3.8, 4) is 16.5 Å². The number of thiophene rings is 1. The lowest BCUT2D eigenvalue weighted by Crippen LogP contribution is -2.51. The van der Waals surface area contributed by atoms with Crippen molar-refractivity contribution in [1.29, 1.82) is 0 Å². The maximum absolute atomic E-state index is 13.7. The Bertz CT molecular complexity index is 1240. The van der Waals surface area contributed by atoms with Crippen molar-refractivity contribution in [3.05, 3.63) is 45.2 Å². The number of amides is 1. The molecule has 0 saturated heterocycles. The summed E-state index contributed by atoms with van der Waals surface area (Å²) >= 11 is 1.59. The van der Waals surface area contributed by atoms with E-state index >= 15 is 0 Å². The highest BCUT2D eigenvalue weighted by molar-refractivity contribution is 7.13. The SMILES string of the molecule is CCc1c(C)nc(-n2nc(-c3cccs3)cc2NC(=O)C23CC4CC(CC(C4)C2)C3)[nH]c1=O. The number of carbonyl (C=O) groups is 1. The highest BCUT2D eigenvalue weighted by atomic mass is 32.1. The second kappa shape index (κ2) is 7.65. The summed E-state index contributed by atoms with van der Waals surface area (Å²) in [5.41, 5.74) is 1.68. The fraction of sp³-hybridized carbons (Fsp3) is 0.520. The summed E-state index contributed by atoms with van der Waals surface area (Å²) < 4.78 is 1.58. The number of hydrogen-bond donors (Lipinski definition) is 2. The van der Waals surface area contributed by atoms with Crippen molar-refractivity contribution in [3.63, 3.8) is 0 Å². The molecule has 1 amide bonds. The van der Waals surface area contributed by atoms with Gasteiger partial charge in [0, 0.05) is 17.3 Å². The van der Waals surface area contributed by atoms with E-state index in [1.807, 2.05) is 37.4 Å². The summed E-state index contributed by atoms with van der Waals surface area (Å²) in [5.74, 6) is 3.07. The molecular weight excluding hydrogens is 434 g/mol. The number of nitrogens with one attached hydrogen (secondary N) is 2. The van der Waals surface area contributed by atoms with E-state index in [1.165, 1.54) is 19.3 Å². The third-order valence-corrected chi connectivity index (χ3v) is 8.90. The average molecular weight is 464 g/mol. The Balaban J connectivity index is 1.39. The van der Waals surface area contributed by atoms with Crippen LogP contribution in [0.3, 0.4) is 0 Å². The average Bonchev–Trinajstić information content (AvgIpc) is 3.42. The van der Waals surface area contributed by atoms with E-state index in [9.17, 15) is 9.59 Å². The monoisotopic (exact) mass is 463 g/mol. The predicted octanol–water partition coefficient (Wildman–Crippen LogP) is 4.71. The van der Waals surface area contributed by atoms with Crippen molar-refractivity contribution in [2.75, 3.05) is 5.32 Å². The number of aryl methyl sites for hydroxylation is 1. The van der Waals surface area contributed by atoms with Gasteiger partial charge in [-0.05, 0) is 81.1 Å². The van der Waals surface area contributed by atoms with Crippen molar-refractivity contribution in [2.45, 2.75) is 58.8 Å². The molecule has 0 aliphatic heterocycles. The van der Waals surface area contributed by atoms with Gasteiger partial charge in [-0.25, -0.2) is 4.98 Å². The van der Waals surface area contributed by atoms with E-state index in [2.05, 4.69) is 15.3 Å². The van der Waals surface area contributed by atoms with Crippen LogP contribution in [0.4, 0.5) is 5.82 Å². The molecule has 0 spiro atoms. The van der Waals surface area contributed by atoms with Crippen molar-refractivity contribution in [1.82, 2.24) is 19.7 Å². The van der Waals surface area contributed by atoms with Gasteiger partial charge in [0.15, 0.2) is 0 Å². The van der Waals surface area contributed by atoms with E-state index < -0.39 is 0 Å². The molecule has 33 heavy (non-hydrogen) atoms. The fourth-order valence-electron chi connectivity index (χ4n) is 6.93. The predicted molar refractivity (Wildman–Crippen MR) is 129 cm³/mol. The molecule has 0 unspecified atom stereocenters. The molecule has 7 rings (SSSR count). The number of carbonyl (C=O) groups excluding carboxylic acids is 1. The molecule has 4 bridgehead atoms. The van der Waals surface area contributed by atoms with Gasteiger partial charge in [0.25, 0.3) is 5.56 Å². The molecule has 3 aromatic heterocycles. The van der Waals surface area contributed by atoms with Crippen LogP contribution in [0.5, 0.6) is 0 Å². The van der Waals surface area contributed by atoms with E-state index in [0.717, 1.165) is 29.8 Å². The first-order valence-electron chi connectivity index (χ1n) is 12.0. The minimum absolute atomic E-state index is 0.102. The van der Waals surface area contributed by atoms with Gasteiger partial charge >= 0.3 is 0 Å². The highest BCUT2D eigenvalue weighted by Gasteiger charge is 2.54. The van der Waals surface area contributed by atoms with Crippen LogP contribution in [0.15, 0.2) is 28.4 Å². The molecule has 4 saturated carbocycles. The topological polar surface area (TPSA) is 92.7 Å². The maximum Gasteiger partial charge on any atom is 0.255 e. The minimum atomic E-state index is -0.268. The Morgan fingerprint density at radius 3 is 2.52 bits per heavy atom. The molecule has 8 heteroatoms. The van der Waals surface area contributed by atoms with Crippen LogP contribution in [0.2, 0.25) is 0 Å². The molecule has 0 radical (unpaired) electrons. The van der Waals surface area contributed by atoms with E-state index in [0.29, 0.717) is 47.2 Å². The van der Waals surface area contributed by atoms with Crippen LogP contribution >= 0.6 is 11.3 Å². The van der Waals surface area contributed by atoms with E-state index in [4.69, 9.17) is 5.10 Å². The zero-order chi connectivity index (χ0) is 22.7. The number of aromatic amines is 1. The normalized spacial score (nSPS) is 27.8. The molecule has 7 nitrogen and oxygen atoms in total. The molecule has 2 N–H and O–H groups in total. The standard InChI is InChI=1S/C25H29N5O2S/c1-3-18-14(2)26-24(28-22(18)31)30-21(10-19(29-30)20-5-4-6-33-20)27-23(32)25-11-15-7-16(12-25)9-17(8-15)13-25/h4-6,10,15-17H,3,7-9,11-13H2,1-2H3,(H,27,32)(H,26,28,31). The quantitative estimate of drug-likeness (QED) is 0.573. The van der Waals surface area contributed by atoms with Crippen LogP contribution in [-0.2, 0) is 11.2 Å². The second-order valence-electron chi connectivity index (χ2n) is 10.3. The van der Waals surface area contributed by atoms with Crippen LogP contribution < -0.4 is 10.9 Å². The lowest BCUT2D eigenvalue weighted by atomic mass is 9.49. The lowest BCUT2D eigenvalue weighted by Gasteiger charge is -2.55. The van der Waals surface area contributed by atoms with Crippen LogP contribution in [-0.4, -0.2) is 25.7 Å². The zero-order valence-electron chi connectivity index (χ0n) is 19.1. The van der Waals surface area contributed by atoms with E-state index in [1.54, 1.807) is 16.0 Å². The van der Waals surface area contributed by atoms with Gasteiger partial charge in [-0.2, -0.15) is 9.78 Å². The third-order valence-electron chi connectivity index (χ3n) is 8.01. The van der Waals surface area contributed by atoms with Gasteiger partial charge in [-0.3, -0.25) is 14.6 Å². The smallest absolute Gasteiger partial charge is 0.255 e. The summed E-state index contributed by atoms with van der Waals surface area (Å²) in [6.07, 6.45) is 7.48. The Morgan fingerprint density at radius 1 is 1.24 bits per heavy atom. The Kier molecular flexibility index (Phi) is 4.83. The van der Waals surface area contributed by atoms with Gasteiger partial charge < -0.3 is 5.32 Å². The first-order chi connectivity index (χ1) is 15.9. The van der Waals surface area contributed by atoms with Crippen LogP contribution in [0.25, 0.3) is 16.5 Å². The zero-order valence-corrected chi connectivity index (χ0v) is 19.9.